The van der Waals surface area contributed by atoms with Crippen LogP contribution < -0.4 is 5.32 Å². The van der Waals surface area contributed by atoms with Crippen molar-refractivity contribution in [3.63, 3.8) is 0 Å². The highest BCUT2D eigenvalue weighted by atomic mass is 19.2. The summed E-state index contributed by atoms with van der Waals surface area (Å²) in [6, 6.07) is 7.59. The van der Waals surface area contributed by atoms with Crippen LogP contribution in [0.25, 0.3) is 10.9 Å². The van der Waals surface area contributed by atoms with Gasteiger partial charge in [0, 0.05) is 41.9 Å². The average molecular weight is 439 g/mol. The van der Waals surface area contributed by atoms with Crippen molar-refractivity contribution in [3.8, 4) is 0 Å². The molecule has 0 spiro atoms. The number of nitrogens with one attached hydrogen (secondary N) is 1. The molecule has 32 heavy (non-hydrogen) atoms. The Morgan fingerprint density at radius 2 is 1.84 bits per heavy atom. The van der Waals surface area contributed by atoms with E-state index < -0.39 is 35.2 Å². The fourth-order valence-corrected chi connectivity index (χ4v) is 4.75. The van der Waals surface area contributed by atoms with Crippen molar-refractivity contribution in [1.82, 2.24) is 9.47 Å². The van der Waals surface area contributed by atoms with E-state index in [0.717, 1.165) is 33.6 Å². The number of benzene rings is 2. The Kier molecular flexibility index (Phi) is 4.44. The molecule has 0 fully saturated rings. The fraction of sp³-hybridized carbons (Fsp3) is 0.250. The second kappa shape index (κ2) is 6.98. The molecule has 0 radical (unpaired) electrons. The quantitative estimate of drug-likeness (QED) is 0.582. The van der Waals surface area contributed by atoms with Gasteiger partial charge < -0.3 is 9.88 Å². The molecule has 1 atom stereocenters. The van der Waals surface area contributed by atoms with Gasteiger partial charge in [-0.25, -0.2) is 13.2 Å². The molecule has 0 bridgehead atoms. The van der Waals surface area contributed by atoms with Gasteiger partial charge in [-0.05, 0) is 49.2 Å². The molecule has 1 aromatic heterocycles. The molecule has 5 rings (SSSR count). The predicted octanol–water partition coefficient (Wildman–Crippen LogP) is 4.84. The first kappa shape index (κ1) is 20.4. The number of aromatic nitrogens is 1. The highest BCUT2D eigenvalue weighted by Crippen LogP contribution is 2.47. The van der Waals surface area contributed by atoms with E-state index in [4.69, 9.17) is 0 Å². The predicted molar refractivity (Wildman–Crippen MR) is 114 cm³/mol. The minimum absolute atomic E-state index is 0.0248. The molecule has 8 heteroatoms. The van der Waals surface area contributed by atoms with Crippen molar-refractivity contribution in [1.29, 1.82) is 0 Å². The summed E-state index contributed by atoms with van der Waals surface area (Å²) in [6.07, 6.45) is 1.87. The number of halogens is 3. The number of carbonyl (C=O) groups is 2. The lowest BCUT2D eigenvalue weighted by Gasteiger charge is -2.20. The van der Waals surface area contributed by atoms with Crippen LogP contribution in [-0.4, -0.2) is 27.8 Å². The average Bonchev–Trinajstić information content (AvgIpc) is 3.22. The second-order valence-corrected chi connectivity index (χ2v) is 8.44. The van der Waals surface area contributed by atoms with Crippen LogP contribution in [0, 0.1) is 17.5 Å². The highest BCUT2D eigenvalue weighted by molar-refractivity contribution is 6.11. The van der Waals surface area contributed by atoms with Gasteiger partial charge in [-0.3, -0.25) is 14.5 Å². The Labute approximate surface area is 182 Å². The summed E-state index contributed by atoms with van der Waals surface area (Å²) in [6.45, 7) is 5.32. The summed E-state index contributed by atoms with van der Waals surface area (Å²) in [4.78, 5) is 26.5. The standard InChI is InChI=1S/C24H20F3N3O2/c1-11(2)29-9-14-20(13-7-15(25)23(27)16(26)8-13)22-18(10-30(12(3)31)24(22)32)28-17-5-4-6-19(29)21(14)17/h4-9,11,20,28H,10H2,1-3H3/t20-/m1/s1. The monoisotopic (exact) mass is 439 g/mol. The third kappa shape index (κ3) is 2.78. The molecule has 0 saturated heterocycles. The van der Waals surface area contributed by atoms with Crippen molar-refractivity contribution in [2.75, 3.05) is 11.9 Å². The Bertz CT molecular complexity index is 1330. The number of carbonyl (C=O) groups excluding carboxylic acids is 2. The normalized spacial score (nSPS) is 17.8. The summed E-state index contributed by atoms with van der Waals surface area (Å²) in [5.74, 6) is -6.08. The van der Waals surface area contributed by atoms with Crippen LogP contribution in [0.5, 0.6) is 0 Å². The van der Waals surface area contributed by atoms with Gasteiger partial charge in [-0.2, -0.15) is 0 Å². The zero-order chi connectivity index (χ0) is 22.9. The molecule has 164 valence electrons. The molecule has 3 heterocycles. The fourth-order valence-electron chi connectivity index (χ4n) is 4.75. The first-order valence-corrected chi connectivity index (χ1v) is 10.3. The van der Waals surface area contributed by atoms with Gasteiger partial charge in [0.05, 0.1) is 17.6 Å². The number of rotatable bonds is 2. The van der Waals surface area contributed by atoms with Gasteiger partial charge in [0.15, 0.2) is 17.5 Å². The first-order chi connectivity index (χ1) is 15.2. The van der Waals surface area contributed by atoms with E-state index in [1.54, 1.807) is 0 Å². The van der Waals surface area contributed by atoms with Crippen molar-refractivity contribution in [2.45, 2.75) is 32.7 Å². The molecule has 3 aromatic rings. The molecule has 1 N–H and O–H groups in total. The van der Waals surface area contributed by atoms with Crippen LogP contribution >= 0.6 is 0 Å². The largest absolute Gasteiger partial charge is 0.356 e. The first-order valence-electron chi connectivity index (χ1n) is 10.3. The zero-order valence-electron chi connectivity index (χ0n) is 17.7. The molecular weight excluding hydrogens is 419 g/mol. The molecule has 2 aliphatic heterocycles. The van der Waals surface area contributed by atoms with Crippen molar-refractivity contribution < 1.29 is 22.8 Å². The molecule has 2 aliphatic rings. The molecule has 2 amide bonds. The smallest absolute Gasteiger partial charge is 0.259 e. The Balaban J connectivity index is 1.85. The van der Waals surface area contributed by atoms with Crippen molar-refractivity contribution in [3.05, 3.63) is 76.4 Å². The van der Waals surface area contributed by atoms with Gasteiger partial charge >= 0.3 is 0 Å². The maximum Gasteiger partial charge on any atom is 0.259 e. The summed E-state index contributed by atoms with van der Waals surface area (Å²) in [7, 11) is 0. The number of hydrogen-bond acceptors (Lipinski definition) is 3. The number of amides is 2. The minimum Gasteiger partial charge on any atom is -0.356 e. The van der Waals surface area contributed by atoms with Crippen LogP contribution in [0.15, 0.2) is 47.8 Å². The molecule has 0 saturated carbocycles. The van der Waals surface area contributed by atoms with E-state index >= 15 is 0 Å². The van der Waals surface area contributed by atoms with E-state index in [2.05, 4.69) is 5.32 Å². The lowest BCUT2D eigenvalue weighted by Crippen LogP contribution is -2.33. The van der Waals surface area contributed by atoms with Crippen LogP contribution in [0.4, 0.5) is 18.9 Å². The summed E-state index contributed by atoms with van der Waals surface area (Å²) in [5.41, 5.74) is 3.10. The number of anilines is 1. The second-order valence-electron chi connectivity index (χ2n) is 8.44. The lowest BCUT2D eigenvalue weighted by molar-refractivity contribution is -0.139. The Hall–Kier alpha value is -3.55. The van der Waals surface area contributed by atoms with Crippen LogP contribution in [0.2, 0.25) is 0 Å². The minimum atomic E-state index is -1.57. The number of nitrogens with zero attached hydrogens (tertiary/aromatic N) is 2. The number of hydrogen-bond donors (Lipinski definition) is 1. The summed E-state index contributed by atoms with van der Waals surface area (Å²) >= 11 is 0. The molecule has 2 aromatic carbocycles. The number of imide groups is 1. The van der Waals surface area contributed by atoms with E-state index in [0.29, 0.717) is 11.3 Å². The summed E-state index contributed by atoms with van der Waals surface area (Å²) in [5, 5.41) is 4.10. The molecule has 0 aliphatic carbocycles. The molecule has 5 nitrogen and oxygen atoms in total. The van der Waals surface area contributed by atoms with Gasteiger partial charge in [0.25, 0.3) is 5.91 Å². The molecule has 0 unspecified atom stereocenters. The van der Waals surface area contributed by atoms with E-state index in [9.17, 15) is 22.8 Å². The van der Waals surface area contributed by atoms with Gasteiger partial charge in [0.1, 0.15) is 0 Å². The SMILES string of the molecule is CC(=O)N1CC2=C(C1=O)[C@H](c1cc(F)c(F)c(F)c1)c1cn(C(C)C)c3cccc(c13)N2. The Morgan fingerprint density at radius 3 is 2.47 bits per heavy atom. The zero-order valence-corrected chi connectivity index (χ0v) is 17.7. The summed E-state index contributed by atoms with van der Waals surface area (Å²) < 4.78 is 44.3. The van der Waals surface area contributed by atoms with Gasteiger partial charge in [-0.15, -0.1) is 0 Å². The lowest BCUT2D eigenvalue weighted by atomic mass is 9.84. The van der Waals surface area contributed by atoms with E-state index in [-0.39, 0.29) is 23.7 Å². The van der Waals surface area contributed by atoms with Crippen molar-refractivity contribution >= 4 is 28.4 Å². The Morgan fingerprint density at radius 1 is 1.16 bits per heavy atom. The third-order valence-electron chi connectivity index (χ3n) is 6.17. The van der Waals surface area contributed by atoms with Crippen molar-refractivity contribution in [2.24, 2.45) is 0 Å². The van der Waals surface area contributed by atoms with Crippen LogP contribution in [0.1, 0.15) is 43.9 Å². The third-order valence-corrected chi connectivity index (χ3v) is 6.17. The highest BCUT2D eigenvalue weighted by Gasteiger charge is 2.42. The van der Waals surface area contributed by atoms with Gasteiger partial charge in [0.2, 0.25) is 5.91 Å². The maximum atomic E-state index is 14.3. The van der Waals surface area contributed by atoms with E-state index in [1.807, 2.05) is 42.8 Å². The topological polar surface area (TPSA) is 54.3 Å². The molecular formula is C24H20F3N3O2. The maximum absolute atomic E-state index is 14.3. The van der Waals surface area contributed by atoms with Gasteiger partial charge in [-0.1, -0.05) is 6.07 Å². The van der Waals surface area contributed by atoms with E-state index in [1.165, 1.54) is 6.92 Å². The van der Waals surface area contributed by atoms with Crippen LogP contribution in [-0.2, 0) is 9.59 Å². The van der Waals surface area contributed by atoms with Crippen LogP contribution in [0.3, 0.4) is 0 Å².